The Morgan fingerprint density at radius 2 is 1.93 bits per heavy atom. The number of nitrogens with two attached hydrogens (primary N) is 1. The normalized spacial score (nSPS) is 12.9. The van der Waals surface area contributed by atoms with Gasteiger partial charge in [0, 0.05) is 22.2 Å². The summed E-state index contributed by atoms with van der Waals surface area (Å²) in [4.78, 5) is 26.0. The molecule has 0 fully saturated rings. The molecule has 0 radical (unpaired) electrons. The SMILES string of the molecule is Nc1nc2c(c(-c3ccc(Cl)cc3Cl)n1)CN(C(=O)c1ncc(F)cc1F)C2. The van der Waals surface area contributed by atoms with Gasteiger partial charge in [0.1, 0.15) is 5.82 Å². The van der Waals surface area contributed by atoms with Crippen LogP contribution in [0.1, 0.15) is 21.7 Å². The highest BCUT2D eigenvalue weighted by atomic mass is 35.5. The number of halogens is 4. The molecule has 0 aliphatic carbocycles. The quantitative estimate of drug-likeness (QED) is 0.678. The van der Waals surface area contributed by atoms with Crippen LogP contribution in [0.5, 0.6) is 0 Å². The van der Waals surface area contributed by atoms with Crippen molar-refractivity contribution in [3.63, 3.8) is 0 Å². The Labute approximate surface area is 167 Å². The van der Waals surface area contributed by atoms with Crippen molar-refractivity contribution in [2.75, 3.05) is 5.73 Å². The number of nitrogen functional groups attached to an aromatic ring is 1. The summed E-state index contributed by atoms with van der Waals surface area (Å²) in [6.45, 7) is 0.179. The molecule has 142 valence electrons. The molecule has 2 aromatic heterocycles. The van der Waals surface area contributed by atoms with E-state index in [0.717, 1.165) is 6.20 Å². The summed E-state index contributed by atoms with van der Waals surface area (Å²) in [6, 6.07) is 5.53. The molecule has 6 nitrogen and oxygen atoms in total. The number of aromatic nitrogens is 3. The maximum absolute atomic E-state index is 14.0. The summed E-state index contributed by atoms with van der Waals surface area (Å²) in [5.74, 6) is -2.58. The van der Waals surface area contributed by atoms with Crippen LogP contribution in [-0.2, 0) is 13.1 Å². The van der Waals surface area contributed by atoms with Gasteiger partial charge >= 0.3 is 0 Å². The number of hydrogen-bond donors (Lipinski definition) is 1. The van der Waals surface area contributed by atoms with Crippen LogP contribution in [0.25, 0.3) is 11.3 Å². The molecule has 0 atom stereocenters. The van der Waals surface area contributed by atoms with Crippen LogP contribution in [0.4, 0.5) is 14.7 Å². The fourth-order valence-corrected chi connectivity index (χ4v) is 3.54. The van der Waals surface area contributed by atoms with E-state index in [1.807, 2.05) is 0 Å². The summed E-state index contributed by atoms with van der Waals surface area (Å²) < 4.78 is 27.0. The summed E-state index contributed by atoms with van der Waals surface area (Å²) in [7, 11) is 0. The van der Waals surface area contributed by atoms with Gasteiger partial charge in [0.05, 0.1) is 35.7 Å². The molecule has 4 rings (SSSR count). The number of amides is 1. The molecule has 3 aromatic rings. The molecule has 2 N–H and O–H groups in total. The van der Waals surface area contributed by atoms with Gasteiger partial charge in [-0.2, -0.15) is 0 Å². The number of anilines is 1. The highest BCUT2D eigenvalue weighted by Crippen LogP contribution is 2.36. The number of nitrogens with zero attached hydrogens (tertiary/aromatic N) is 4. The molecule has 1 amide bonds. The van der Waals surface area contributed by atoms with E-state index in [0.29, 0.717) is 38.6 Å². The van der Waals surface area contributed by atoms with Crippen molar-refractivity contribution < 1.29 is 13.6 Å². The standard InChI is InChI=1S/C18H11Cl2F2N5O/c19-8-1-2-10(12(20)3-8)15-11-6-27(7-14(11)25-18(23)26-15)17(28)16-13(22)4-9(21)5-24-16/h1-5H,6-7H2,(H2,23,25,26). The Bertz CT molecular complexity index is 1130. The molecule has 3 heterocycles. The van der Waals surface area contributed by atoms with Crippen LogP contribution in [0, 0.1) is 11.6 Å². The second-order valence-corrected chi connectivity index (χ2v) is 6.97. The molecule has 1 aromatic carbocycles. The molecule has 1 aliphatic heterocycles. The third-order valence-electron chi connectivity index (χ3n) is 4.28. The van der Waals surface area contributed by atoms with Crippen molar-refractivity contribution in [2.45, 2.75) is 13.1 Å². The maximum Gasteiger partial charge on any atom is 0.276 e. The summed E-state index contributed by atoms with van der Waals surface area (Å²) in [5, 5.41) is 0.825. The first-order valence-corrected chi connectivity index (χ1v) is 8.80. The van der Waals surface area contributed by atoms with Gasteiger partial charge in [-0.3, -0.25) is 4.79 Å². The van der Waals surface area contributed by atoms with Gasteiger partial charge in [-0.05, 0) is 18.2 Å². The van der Waals surface area contributed by atoms with Crippen molar-refractivity contribution >= 4 is 35.1 Å². The van der Waals surface area contributed by atoms with Gasteiger partial charge in [0.15, 0.2) is 11.5 Å². The second-order valence-electron chi connectivity index (χ2n) is 6.13. The largest absolute Gasteiger partial charge is 0.368 e. The van der Waals surface area contributed by atoms with Crippen LogP contribution < -0.4 is 5.73 Å². The number of carbonyl (C=O) groups is 1. The molecular formula is C18H11Cl2F2N5O. The lowest BCUT2D eigenvalue weighted by atomic mass is 10.1. The fourth-order valence-electron chi connectivity index (χ4n) is 3.04. The van der Waals surface area contributed by atoms with Gasteiger partial charge in [0.2, 0.25) is 5.95 Å². The molecule has 28 heavy (non-hydrogen) atoms. The average molecular weight is 422 g/mol. The lowest BCUT2D eigenvalue weighted by Crippen LogP contribution is -2.27. The zero-order valence-corrected chi connectivity index (χ0v) is 15.6. The van der Waals surface area contributed by atoms with Gasteiger partial charge in [-0.1, -0.05) is 23.2 Å². The first-order valence-electron chi connectivity index (χ1n) is 8.04. The van der Waals surface area contributed by atoms with Crippen molar-refractivity contribution in [3.05, 3.63) is 69.1 Å². The van der Waals surface area contributed by atoms with Crippen molar-refractivity contribution in [3.8, 4) is 11.3 Å². The predicted molar refractivity (Wildman–Crippen MR) is 99.6 cm³/mol. The first kappa shape index (κ1) is 18.5. The molecule has 0 unspecified atom stereocenters. The third kappa shape index (κ3) is 3.25. The van der Waals surface area contributed by atoms with E-state index in [9.17, 15) is 13.6 Å². The van der Waals surface area contributed by atoms with E-state index in [2.05, 4.69) is 15.0 Å². The third-order valence-corrected chi connectivity index (χ3v) is 4.83. The Morgan fingerprint density at radius 3 is 2.64 bits per heavy atom. The smallest absolute Gasteiger partial charge is 0.276 e. The minimum Gasteiger partial charge on any atom is -0.368 e. The number of hydrogen-bond acceptors (Lipinski definition) is 5. The highest BCUT2D eigenvalue weighted by Gasteiger charge is 2.31. The number of benzene rings is 1. The number of fused-ring (bicyclic) bond motifs is 1. The molecule has 0 saturated carbocycles. The predicted octanol–water partition coefficient (Wildman–Crippen LogP) is 3.86. The second kappa shape index (κ2) is 6.96. The minimum atomic E-state index is -1.03. The van der Waals surface area contributed by atoms with Crippen LogP contribution in [0.2, 0.25) is 10.0 Å². The number of rotatable bonds is 2. The summed E-state index contributed by atoms with van der Waals surface area (Å²) in [6.07, 6.45) is 0.788. The molecular weight excluding hydrogens is 411 g/mol. The maximum atomic E-state index is 14.0. The van der Waals surface area contributed by atoms with Gasteiger partial charge < -0.3 is 10.6 Å². The van der Waals surface area contributed by atoms with Crippen molar-refractivity contribution in [1.82, 2.24) is 19.9 Å². The highest BCUT2D eigenvalue weighted by molar-refractivity contribution is 6.36. The average Bonchev–Trinajstić information content (AvgIpc) is 3.04. The summed E-state index contributed by atoms with van der Waals surface area (Å²) >= 11 is 12.2. The fraction of sp³-hybridized carbons (Fsp3) is 0.111. The Kier molecular flexibility index (Phi) is 4.60. The Hall–Kier alpha value is -2.84. The molecule has 10 heteroatoms. The molecule has 0 spiro atoms. The van der Waals surface area contributed by atoms with E-state index < -0.39 is 23.2 Å². The minimum absolute atomic E-state index is 0.0140. The lowest BCUT2D eigenvalue weighted by Gasteiger charge is -2.15. The molecule has 0 bridgehead atoms. The topological polar surface area (TPSA) is 85.0 Å². The van der Waals surface area contributed by atoms with E-state index >= 15 is 0 Å². The monoisotopic (exact) mass is 421 g/mol. The summed E-state index contributed by atoms with van der Waals surface area (Å²) in [5.41, 5.74) is 7.54. The van der Waals surface area contributed by atoms with E-state index in [1.54, 1.807) is 18.2 Å². The zero-order chi connectivity index (χ0) is 20.0. The van der Waals surface area contributed by atoms with Crippen LogP contribution in [-0.4, -0.2) is 25.8 Å². The van der Waals surface area contributed by atoms with Crippen LogP contribution >= 0.6 is 23.2 Å². The first-order chi connectivity index (χ1) is 13.3. The lowest BCUT2D eigenvalue weighted by molar-refractivity contribution is 0.0739. The Balaban J connectivity index is 1.73. The van der Waals surface area contributed by atoms with Crippen molar-refractivity contribution in [1.29, 1.82) is 0 Å². The molecule has 1 aliphatic rings. The molecule has 0 saturated heterocycles. The number of pyridine rings is 1. The Morgan fingerprint density at radius 1 is 1.14 bits per heavy atom. The van der Waals surface area contributed by atoms with Crippen LogP contribution in [0.3, 0.4) is 0 Å². The van der Waals surface area contributed by atoms with Gasteiger partial charge in [-0.25, -0.2) is 23.7 Å². The van der Waals surface area contributed by atoms with E-state index in [1.165, 1.54) is 4.90 Å². The number of carbonyl (C=O) groups excluding carboxylic acids is 1. The zero-order valence-electron chi connectivity index (χ0n) is 14.1. The van der Waals surface area contributed by atoms with Crippen molar-refractivity contribution in [2.24, 2.45) is 0 Å². The van der Waals surface area contributed by atoms with Crippen LogP contribution in [0.15, 0.2) is 30.5 Å². The van der Waals surface area contributed by atoms with Gasteiger partial charge in [-0.15, -0.1) is 0 Å². The van der Waals surface area contributed by atoms with E-state index in [-0.39, 0.29) is 19.0 Å². The van der Waals surface area contributed by atoms with E-state index in [4.69, 9.17) is 28.9 Å². The van der Waals surface area contributed by atoms with Gasteiger partial charge in [0.25, 0.3) is 5.91 Å².